The number of nitrogens with one attached hydrogen (secondary N) is 1. The molecule has 0 saturated carbocycles. The van der Waals surface area contributed by atoms with Gasteiger partial charge in [-0.25, -0.2) is 8.42 Å². The topological polar surface area (TPSA) is 86.7 Å². The van der Waals surface area contributed by atoms with Gasteiger partial charge in [0.1, 0.15) is 0 Å². The number of piperazine rings is 1. The molecule has 2 fully saturated rings. The van der Waals surface area contributed by atoms with Crippen LogP contribution in [0.5, 0.6) is 0 Å². The van der Waals surface area contributed by atoms with Crippen molar-refractivity contribution in [3.8, 4) is 0 Å². The third-order valence-electron chi connectivity index (χ3n) is 5.37. The van der Waals surface area contributed by atoms with Gasteiger partial charge in [-0.05, 0) is 34.1 Å². The fraction of sp³-hybridized carbons (Fsp3) is 0.950. The number of rotatable bonds is 9. The van der Waals surface area contributed by atoms with E-state index in [9.17, 15) is 8.42 Å². The highest BCUT2D eigenvalue weighted by Gasteiger charge is 2.28. The highest BCUT2D eigenvalue weighted by atomic mass is 32.2. The summed E-state index contributed by atoms with van der Waals surface area (Å²) in [6, 6.07) is 0. The zero-order chi connectivity index (χ0) is 22.1. The maximum Gasteiger partial charge on any atom is 0.216 e. The molecule has 2 rings (SSSR count). The Morgan fingerprint density at radius 1 is 1.17 bits per heavy atom. The number of hydrogen-bond acceptors (Lipinski definition) is 6. The van der Waals surface area contributed by atoms with Gasteiger partial charge < -0.3 is 19.7 Å². The van der Waals surface area contributed by atoms with E-state index in [1.54, 1.807) is 11.4 Å². The molecule has 2 aliphatic rings. The van der Waals surface area contributed by atoms with Gasteiger partial charge in [-0.3, -0.25) is 9.89 Å². The van der Waals surface area contributed by atoms with Gasteiger partial charge in [0.15, 0.2) is 5.96 Å². The SMILES string of the molecule is CN=C(NCCCN1CC(C)OC(C)C1)N1CCN(S(=O)(=O)CCOC(C)C)CC1. The highest BCUT2D eigenvalue weighted by Crippen LogP contribution is 2.11. The van der Waals surface area contributed by atoms with E-state index in [2.05, 4.69) is 34.0 Å². The van der Waals surface area contributed by atoms with E-state index in [-0.39, 0.29) is 18.5 Å². The summed E-state index contributed by atoms with van der Waals surface area (Å²) in [4.78, 5) is 8.97. The van der Waals surface area contributed by atoms with Crippen molar-refractivity contribution in [3.05, 3.63) is 0 Å². The molecule has 9 nitrogen and oxygen atoms in total. The summed E-state index contributed by atoms with van der Waals surface area (Å²) in [5.74, 6) is 0.885. The van der Waals surface area contributed by atoms with E-state index >= 15 is 0 Å². The number of nitrogens with zero attached hydrogens (tertiary/aromatic N) is 4. The van der Waals surface area contributed by atoms with E-state index in [1.165, 1.54) is 0 Å². The summed E-state index contributed by atoms with van der Waals surface area (Å²) in [5, 5.41) is 3.43. The lowest BCUT2D eigenvalue weighted by molar-refractivity contribution is -0.0679. The summed E-state index contributed by atoms with van der Waals surface area (Å²) >= 11 is 0. The van der Waals surface area contributed by atoms with Gasteiger partial charge in [-0.2, -0.15) is 4.31 Å². The van der Waals surface area contributed by atoms with Crippen molar-refractivity contribution in [2.45, 2.75) is 52.4 Å². The Morgan fingerprint density at radius 2 is 1.80 bits per heavy atom. The molecule has 0 aromatic rings. The van der Waals surface area contributed by atoms with Crippen LogP contribution in [-0.2, 0) is 19.5 Å². The molecule has 0 aromatic heterocycles. The van der Waals surface area contributed by atoms with E-state index in [1.807, 2.05) is 13.8 Å². The van der Waals surface area contributed by atoms with Crippen molar-refractivity contribution in [2.75, 3.05) is 71.8 Å². The second-order valence-electron chi connectivity index (χ2n) is 8.47. The molecule has 30 heavy (non-hydrogen) atoms. The minimum Gasteiger partial charge on any atom is -0.378 e. The van der Waals surface area contributed by atoms with E-state index in [0.717, 1.165) is 38.6 Å². The van der Waals surface area contributed by atoms with Crippen molar-refractivity contribution in [1.82, 2.24) is 19.4 Å². The average molecular weight is 448 g/mol. The van der Waals surface area contributed by atoms with Crippen LogP contribution in [0.15, 0.2) is 4.99 Å². The molecular weight excluding hydrogens is 406 g/mol. The molecule has 2 unspecified atom stereocenters. The predicted octanol–water partition coefficient (Wildman–Crippen LogP) is 0.434. The van der Waals surface area contributed by atoms with Crippen LogP contribution in [0.25, 0.3) is 0 Å². The lowest BCUT2D eigenvalue weighted by Gasteiger charge is -2.36. The van der Waals surface area contributed by atoms with Gasteiger partial charge in [-0.1, -0.05) is 0 Å². The number of sulfonamides is 1. The smallest absolute Gasteiger partial charge is 0.216 e. The molecule has 0 aromatic carbocycles. The molecule has 2 heterocycles. The van der Waals surface area contributed by atoms with E-state index < -0.39 is 10.0 Å². The Hall–Kier alpha value is -0.940. The number of guanidine groups is 1. The van der Waals surface area contributed by atoms with Crippen LogP contribution in [0, 0.1) is 0 Å². The Morgan fingerprint density at radius 3 is 2.37 bits per heavy atom. The molecular formula is C20H41N5O4S. The minimum absolute atomic E-state index is 0.0386. The van der Waals surface area contributed by atoms with Crippen molar-refractivity contribution in [2.24, 2.45) is 4.99 Å². The van der Waals surface area contributed by atoms with Gasteiger partial charge in [0.2, 0.25) is 10.0 Å². The summed E-state index contributed by atoms with van der Waals surface area (Å²) < 4.78 is 37.7. The van der Waals surface area contributed by atoms with Crippen molar-refractivity contribution >= 4 is 16.0 Å². The Bertz CT molecular complexity index is 625. The van der Waals surface area contributed by atoms with Gasteiger partial charge >= 0.3 is 0 Å². The van der Waals surface area contributed by atoms with Crippen LogP contribution in [-0.4, -0.2) is 119 Å². The quantitative estimate of drug-likeness (QED) is 0.312. The first-order chi connectivity index (χ1) is 14.2. The molecule has 2 atom stereocenters. The lowest BCUT2D eigenvalue weighted by Crippen LogP contribution is -2.54. The first-order valence-corrected chi connectivity index (χ1v) is 12.7. The first-order valence-electron chi connectivity index (χ1n) is 11.1. The fourth-order valence-corrected chi connectivity index (χ4v) is 5.28. The third-order valence-corrected chi connectivity index (χ3v) is 7.20. The Balaban J connectivity index is 1.69. The molecule has 1 N–H and O–H groups in total. The third kappa shape index (κ3) is 8.30. The monoisotopic (exact) mass is 447 g/mol. The molecule has 0 amide bonds. The second kappa shape index (κ2) is 12.2. The predicted molar refractivity (Wildman–Crippen MR) is 120 cm³/mol. The zero-order valence-electron chi connectivity index (χ0n) is 19.3. The van der Waals surface area contributed by atoms with Gasteiger partial charge in [0.25, 0.3) is 0 Å². The standard InChI is InChI=1S/C20H41N5O4S/c1-17(2)28-13-14-30(26,27)25-11-9-24(10-12-25)20(21-5)22-7-6-8-23-15-18(3)29-19(4)16-23/h17-19H,6-16H2,1-5H3,(H,21,22). The van der Waals surface area contributed by atoms with Crippen LogP contribution in [0.3, 0.4) is 0 Å². The fourth-order valence-electron chi connectivity index (χ4n) is 4.00. The van der Waals surface area contributed by atoms with Crippen LogP contribution >= 0.6 is 0 Å². The molecule has 0 radical (unpaired) electrons. The van der Waals surface area contributed by atoms with Crippen LogP contribution in [0.1, 0.15) is 34.1 Å². The number of hydrogen-bond donors (Lipinski definition) is 1. The zero-order valence-corrected chi connectivity index (χ0v) is 20.2. The van der Waals surface area contributed by atoms with Crippen LogP contribution in [0.4, 0.5) is 0 Å². The highest BCUT2D eigenvalue weighted by molar-refractivity contribution is 7.89. The molecule has 176 valence electrons. The average Bonchev–Trinajstić information content (AvgIpc) is 2.67. The first kappa shape index (κ1) is 25.3. The largest absolute Gasteiger partial charge is 0.378 e. The molecule has 2 aliphatic heterocycles. The summed E-state index contributed by atoms with van der Waals surface area (Å²) in [7, 11) is -1.49. The molecule has 10 heteroatoms. The maximum atomic E-state index is 12.5. The Kier molecular flexibility index (Phi) is 10.3. The van der Waals surface area contributed by atoms with Gasteiger partial charge in [-0.15, -0.1) is 0 Å². The number of aliphatic imine (C=N–C) groups is 1. The minimum atomic E-state index is -3.27. The second-order valence-corrected chi connectivity index (χ2v) is 10.6. The van der Waals surface area contributed by atoms with Crippen LogP contribution < -0.4 is 5.32 Å². The summed E-state index contributed by atoms with van der Waals surface area (Å²) in [5.41, 5.74) is 0. The van der Waals surface area contributed by atoms with Gasteiger partial charge in [0.05, 0.1) is 30.7 Å². The van der Waals surface area contributed by atoms with Gasteiger partial charge in [0, 0.05) is 59.4 Å². The summed E-state index contributed by atoms with van der Waals surface area (Å²) in [6.45, 7) is 14.4. The molecule has 0 aliphatic carbocycles. The number of morpholine rings is 1. The molecule has 2 saturated heterocycles. The van der Waals surface area contributed by atoms with E-state index in [4.69, 9.17) is 9.47 Å². The van der Waals surface area contributed by atoms with Crippen molar-refractivity contribution in [3.63, 3.8) is 0 Å². The maximum absolute atomic E-state index is 12.5. The van der Waals surface area contributed by atoms with Crippen molar-refractivity contribution < 1.29 is 17.9 Å². The Labute approximate surface area is 182 Å². The van der Waals surface area contributed by atoms with E-state index in [0.29, 0.717) is 38.4 Å². The molecule has 0 bridgehead atoms. The van der Waals surface area contributed by atoms with Crippen molar-refractivity contribution in [1.29, 1.82) is 0 Å². The molecule has 0 spiro atoms. The normalized spacial score (nSPS) is 25.1. The lowest BCUT2D eigenvalue weighted by atomic mass is 10.2. The van der Waals surface area contributed by atoms with Crippen LogP contribution in [0.2, 0.25) is 0 Å². The summed E-state index contributed by atoms with van der Waals surface area (Å²) in [6.07, 6.45) is 1.65. The number of ether oxygens (including phenoxy) is 2.